The van der Waals surface area contributed by atoms with Gasteiger partial charge < -0.3 is 14.5 Å². The van der Waals surface area contributed by atoms with Gasteiger partial charge in [-0.05, 0) is 25.5 Å². The quantitative estimate of drug-likeness (QED) is 0.804. The number of fused-ring (bicyclic) bond motifs is 2. The lowest BCUT2D eigenvalue weighted by molar-refractivity contribution is 0.517. The monoisotopic (exact) mass is 295 g/mol. The van der Waals surface area contributed by atoms with Crippen LogP contribution in [0.4, 0.5) is 0 Å². The van der Waals surface area contributed by atoms with Gasteiger partial charge in [-0.2, -0.15) is 0 Å². The molecular weight excluding hydrogens is 274 g/mol. The Labute approximate surface area is 130 Å². The largest absolute Gasteiger partial charge is 0.331 e. The van der Waals surface area contributed by atoms with Crippen molar-refractivity contribution in [2.24, 2.45) is 7.05 Å². The van der Waals surface area contributed by atoms with E-state index in [1.807, 2.05) is 12.3 Å². The number of hydrogen-bond acceptors (Lipinski definition) is 3. The molecule has 1 aromatic carbocycles. The van der Waals surface area contributed by atoms with Crippen LogP contribution in [-0.4, -0.2) is 19.1 Å². The predicted molar refractivity (Wildman–Crippen MR) is 86.5 cm³/mol. The van der Waals surface area contributed by atoms with E-state index in [0.717, 1.165) is 30.9 Å². The summed E-state index contributed by atoms with van der Waals surface area (Å²) in [6.07, 6.45) is 4.33. The van der Waals surface area contributed by atoms with Crippen molar-refractivity contribution in [3.8, 4) is 0 Å². The predicted octanol–water partition coefficient (Wildman–Crippen LogP) is 2.57. The Balaban J connectivity index is 1.53. The number of benzene rings is 1. The fourth-order valence-electron chi connectivity index (χ4n) is 3.36. The molecule has 5 heteroatoms. The lowest BCUT2D eigenvalue weighted by Crippen LogP contribution is -2.22. The van der Waals surface area contributed by atoms with Crippen LogP contribution in [0.15, 0.2) is 30.5 Å². The SMILES string of the molecule is CC(NCc1cnc2n1CCC2)c1nc2ccccc2n1C. The highest BCUT2D eigenvalue weighted by atomic mass is 15.1. The summed E-state index contributed by atoms with van der Waals surface area (Å²) in [4.78, 5) is 9.26. The smallest absolute Gasteiger partial charge is 0.126 e. The number of imidazole rings is 2. The maximum Gasteiger partial charge on any atom is 0.126 e. The topological polar surface area (TPSA) is 47.7 Å². The van der Waals surface area contributed by atoms with E-state index < -0.39 is 0 Å². The molecule has 1 N–H and O–H groups in total. The number of aromatic nitrogens is 4. The second-order valence-corrected chi connectivity index (χ2v) is 6.04. The third kappa shape index (κ3) is 2.13. The molecular formula is C17H21N5. The normalized spacial score (nSPS) is 15.4. The maximum absolute atomic E-state index is 4.76. The summed E-state index contributed by atoms with van der Waals surface area (Å²) < 4.78 is 4.52. The molecule has 0 saturated heterocycles. The van der Waals surface area contributed by atoms with E-state index in [2.05, 4.69) is 51.6 Å². The van der Waals surface area contributed by atoms with Crippen LogP contribution in [0.1, 0.15) is 36.7 Å². The first-order valence-corrected chi connectivity index (χ1v) is 7.92. The highest BCUT2D eigenvalue weighted by molar-refractivity contribution is 5.75. The van der Waals surface area contributed by atoms with Gasteiger partial charge >= 0.3 is 0 Å². The van der Waals surface area contributed by atoms with Crippen molar-refractivity contribution in [1.82, 2.24) is 24.4 Å². The molecule has 0 fully saturated rings. The number of nitrogens with one attached hydrogen (secondary N) is 1. The van der Waals surface area contributed by atoms with Crippen LogP contribution in [0, 0.1) is 0 Å². The highest BCUT2D eigenvalue weighted by Gasteiger charge is 2.17. The molecule has 3 aromatic rings. The van der Waals surface area contributed by atoms with Crippen molar-refractivity contribution in [2.45, 2.75) is 38.9 Å². The maximum atomic E-state index is 4.76. The molecule has 22 heavy (non-hydrogen) atoms. The first kappa shape index (κ1) is 13.5. The van der Waals surface area contributed by atoms with Crippen LogP contribution in [0.2, 0.25) is 0 Å². The Hall–Kier alpha value is -2.14. The van der Waals surface area contributed by atoms with Crippen molar-refractivity contribution in [3.63, 3.8) is 0 Å². The summed E-state index contributed by atoms with van der Waals surface area (Å²) in [5.74, 6) is 2.30. The molecule has 0 saturated carbocycles. The lowest BCUT2D eigenvalue weighted by atomic mass is 10.3. The number of hydrogen-bond donors (Lipinski definition) is 1. The summed E-state index contributed by atoms with van der Waals surface area (Å²) in [6.45, 7) is 4.10. The van der Waals surface area contributed by atoms with Gasteiger partial charge in [-0.15, -0.1) is 0 Å². The minimum atomic E-state index is 0.199. The van der Waals surface area contributed by atoms with Crippen molar-refractivity contribution in [2.75, 3.05) is 0 Å². The van der Waals surface area contributed by atoms with Crippen molar-refractivity contribution < 1.29 is 0 Å². The Bertz CT molecular complexity index is 814. The van der Waals surface area contributed by atoms with Gasteiger partial charge in [0.25, 0.3) is 0 Å². The molecule has 0 aliphatic carbocycles. The fourth-order valence-corrected chi connectivity index (χ4v) is 3.36. The molecule has 0 bridgehead atoms. The summed E-state index contributed by atoms with van der Waals surface area (Å²) in [5.41, 5.74) is 3.51. The molecule has 3 heterocycles. The molecule has 2 aromatic heterocycles. The average Bonchev–Trinajstić information content (AvgIpc) is 3.20. The van der Waals surface area contributed by atoms with Crippen LogP contribution in [0.3, 0.4) is 0 Å². The van der Waals surface area contributed by atoms with Gasteiger partial charge in [0.05, 0.1) is 22.8 Å². The zero-order valence-electron chi connectivity index (χ0n) is 13.1. The van der Waals surface area contributed by atoms with E-state index in [1.165, 1.54) is 23.5 Å². The van der Waals surface area contributed by atoms with Gasteiger partial charge in [0.2, 0.25) is 0 Å². The van der Waals surface area contributed by atoms with E-state index in [1.54, 1.807) is 0 Å². The van der Waals surface area contributed by atoms with E-state index in [-0.39, 0.29) is 6.04 Å². The van der Waals surface area contributed by atoms with Crippen molar-refractivity contribution >= 4 is 11.0 Å². The molecule has 0 spiro atoms. The van der Waals surface area contributed by atoms with Crippen LogP contribution in [0.25, 0.3) is 11.0 Å². The summed E-state index contributed by atoms with van der Waals surface area (Å²) in [5, 5.41) is 3.59. The Morgan fingerprint density at radius 1 is 1.32 bits per heavy atom. The minimum absolute atomic E-state index is 0.199. The number of rotatable bonds is 4. The summed E-state index contributed by atoms with van der Waals surface area (Å²) in [7, 11) is 2.08. The standard InChI is InChI=1S/C17H21N5/c1-12(17-20-14-6-3-4-7-15(14)21(17)2)18-10-13-11-19-16-8-5-9-22(13)16/h3-4,6-7,11-12,18H,5,8-10H2,1-2H3. The van der Waals surface area contributed by atoms with Crippen LogP contribution in [0.5, 0.6) is 0 Å². The first-order valence-electron chi connectivity index (χ1n) is 7.92. The number of para-hydroxylation sites is 2. The van der Waals surface area contributed by atoms with Gasteiger partial charge in [-0.1, -0.05) is 12.1 Å². The first-order chi connectivity index (χ1) is 10.7. The lowest BCUT2D eigenvalue weighted by Gasteiger charge is -2.14. The molecule has 5 nitrogen and oxygen atoms in total. The van der Waals surface area contributed by atoms with E-state index in [9.17, 15) is 0 Å². The van der Waals surface area contributed by atoms with Gasteiger partial charge in [0, 0.05) is 32.8 Å². The average molecular weight is 295 g/mol. The zero-order valence-corrected chi connectivity index (χ0v) is 13.1. The van der Waals surface area contributed by atoms with Gasteiger partial charge in [-0.3, -0.25) is 0 Å². The second-order valence-electron chi connectivity index (χ2n) is 6.04. The summed E-state index contributed by atoms with van der Waals surface area (Å²) in [6, 6.07) is 8.47. The molecule has 0 radical (unpaired) electrons. The van der Waals surface area contributed by atoms with Gasteiger partial charge in [-0.25, -0.2) is 9.97 Å². The second kappa shape index (κ2) is 5.25. The fraction of sp³-hybridized carbons (Fsp3) is 0.412. The van der Waals surface area contributed by atoms with E-state index >= 15 is 0 Å². The zero-order chi connectivity index (χ0) is 15.1. The minimum Gasteiger partial charge on any atom is -0.331 e. The van der Waals surface area contributed by atoms with E-state index in [0.29, 0.717) is 0 Å². The molecule has 4 rings (SSSR count). The Kier molecular flexibility index (Phi) is 3.22. The molecule has 114 valence electrons. The molecule has 0 amide bonds. The van der Waals surface area contributed by atoms with Crippen LogP contribution < -0.4 is 5.32 Å². The van der Waals surface area contributed by atoms with Gasteiger partial charge in [0.1, 0.15) is 11.6 Å². The van der Waals surface area contributed by atoms with Crippen molar-refractivity contribution in [3.05, 3.63) is 47.8 Å². The third-order valence-corrected chi connectivity index (χ3v) is 4.60. The van der Waals surface area contributed by atoms with E-state index in [4.69, 9.17) is 4.98 Å². The number of aryl methyl sites for hydroxylation is 2. The molecule has 1 unspecified atom stereocenters. The Morgan fingerprint density at radius 2 is 2.18 bits per heavy atom. The molecule has 1 aliphatic heterocycles. The van der Waals surface area contributed by atoms with Crippen LogP contribution >= 0.6 is 0 Å². The summed E-state index contributed by atoms with van der Waals surface area (Å²) >= 11 is 0. The number of nitrogens with zero attached hydrogens (tertiary/aromatic N) is 4. The Morgan fingerprint density at radius 3 is 3.05 bits per heavy atom. The van der Waals surface area contributed by atoms with Crippen LogP contribution in [-0.2, 0) is 26.6 Å². The molecule has 1 atom stereocenters. The highest BCUT2D eigenvalue weighted by Crippen LogP contribution is 2.20. The third-order valence-electron chi connectivity index (χ3n) is 4.60. The van der Waals surface area contributed by atoms with Gasteiger partial charge in [0.15, 0.2) is 0 Å². The molecule has 1 aliphatic rings. The van der Waals surface area contributed by atoms with Crippen molar-refractivity contribution in [1.29, 1.82) is 0 Å².